The molecule has 4 nitrogen and oxygen atoms in total. The number of para-hydroxylation sites is 1. The maximum absolute atomic E-state index is 10.3. The second kappa shape index (κ2) is 6.12. The molecule has 0 N–H and O–H groups in total. The van der Waals surface area contributed by atoms with Gasteiger partial charge >= 0.3 is 0 Å². The van der Waals surface area contributed by atoms with Crippen molar-refractivity contribution in [1.82, 2.24) is 9.78 Å². The maximum atomic E-state index is 10.3. The summed E-state index contributed by atoms with van der Waals surface area (Å²) >= 11 is 7.99. The highest BCUT2D eigenvalue weighted by Gasteiger charge is 2.05. The number of carbonyl (C=O) groups is 1. The molecule has 2 aromatic rings. The third-order valence-electron chi connectivity index (χ3n) is 2.06. The summed E-state index contributed by atoms with van der Waals surface area (Å²) < 4.78 is 3.10. The average Bonchev–Trinajstić information content (AvgIpc) is 2.71. The minimum Gasteiger partial charge on any atom is -0.550 e. The molecule has 0 atom stereocenters. The van der Waals surface area contributed by atoms with Gasteiger partial charge < -0.3 is 9.90 Å². The summed E-state index contributed by atoms with van der Waals surface area (Å²) in [6.45, 7) is 0. The number of carboxylic acid groups (broad SMARTS) is 1. The lowest BCUT2D eigenvalue weighted by molar-refractivity contribution is -0.305. The smallest absolute Gasteiger partial charge is 0.184 e. The monoisotopic (exact) mass is 297 g/mol. The van der Waals surface area contributed by atoms with Gasteiger partial charge in [-0.15, -0.1) is 5.10 Å². The Kier molecular flexibility index (Phi) is 4.51. The van der Waals surface area contributed by atoms with Gasteiger partial charge in [-0.05, 0) is 30.8 Å². The molecular formula is C11H9N2O2S3-. The van der Waals surface area contributed by atoms with Crippen molar-refractivity contribution in [3.8, 4) is 5.69 Å². The molecule has 7 heteroatoms. The van der Waals surface area contributed by atoms with Crippen molar-refractivity contribution >= 4 is 41.3 Å². The van der Waals surface area contributed by atoms with Crippen molar-refractivity contribution in [3.63, 3.8) is 0 Å². The van der Waals surface area contributed by atoms with E-state index in [1.807, 2.05) is 30.3 Å². The van der Waals surface area contributed by atoms with Crippen LogP contribution >= 0.6 is 35.3 Å². The molecule has 1 aromatic heterocycles. The van der Waals surface area contributed by atoms with Crippen LogP contribution < -0.4 is 5.11 Å². The van der Waals surface area contributed by atoms with Crippen molar-refractivity contribution < 1.29 is 9.90 Å². The van der Waals surface area contributed by atoms with Gasteiger partial charge in [0, 0.05) is 11.7 Å². The number of hydrogen-bond acceptors (Lipinski definition) is 6. The predicted molar refractivity (Wildman–Crippen MR) is 72.6 cm³/mol. The Morgan fingerprint density at radius 1 is 1.44 bits per heavy atom. The van der Waals surface area contributed by atoms with E-state index in [-0.39, 0.29) is 6.42 Å². The van der Waals surface area contributed by atoms with Gasteiger partial charge in [-0.2, -0.15) is 0 Å². The number of carboxylic acids is 1. The molecule has 0 unspecified atom stereocenters. The SMILES string of the molecule is O=C([O-])CCSc1nn(-c2ccccc2)c(=S)s1. The van der Waals surface area contributed by atoms with Crippen LogP contribution in [-0.4, -0.2) is 21.5 Å². The topological polar surface area (TPSA) is 57.9 Å². The lowest BCUT2D eigenvalue weighted by Gasteiger charge is -2.00. The number of thioether (sulfide) groups is 1. The molecule has 0 aliphatic carbocycles. The van der Waals surface area contributed by atoms with E-state index >= 15 is 0 Å². The van der Waals surface area contributed by atoms with Gasteiger partial charge in [0.15, 0.2) is 8.29 Å². The molecule has 0 saturated carbocycles. The molecule has 0 spiro atoms. The molecule has 0 bridgehead atoms. The standard InChI is InChI=1S/C11H10N2O2S3/c14-9(15)6-7-17-10-12-13(11(16)18-10)8-4-2-1-3-5-8/h1-5H,6-7H2,(H,14,15)/p-1. The van der Waals surface area contributed by atoms with Crippen LogP contribution in [0.3, 0.4) is 0 Å². The molecule has 2 rings (SSSR count). The van der Waals surface area contributed by atoms with Crippen molar-refractivity contribution in [2.45, 2.75) is 10.8 Å². The van der Waals surface area contributed by atoms with Crippen LogP contribution in [0.4, 0.5) is 0 Å². The first-order valence-electron chi connectivity index (χ1n) is 5.15. The molecule has 0 radical (unpaired) electrons. The van der Waals surface area contributed by atoms with Crippen LogP contribution in [-0.2, 0) is 4.79 Å². The Bertz CT molecular complexity index is 592. The number of aromatic nitrogens is 2. The highest BCUT2D eigenvalue weighted by atomic mass is 32.2. The van der Waals surface area contributed by atoms with Crippen LogP contribution in [0.1, 0.15) is 6.42 Å². The second-order valence-corrected chi connectivity index (χ2v) is 6.32. The fourth-order valence-electron chi connectivity index (χ4n) is 1.27. The highest BCUT2D eigenvalue weighted by Crippen LogP contribution is 2.24. The van der Waals surface area contributed by atoms with E-state index in [2.05, 4.69) is 5.10 Å². The Hall–Kier alpha value is -1.18. The van der Waals surface area contributed by atoms with Gasteiger partial charge in [-0.3, -0.25) is 0 Å². The highest BCUT2D eigenvalue weighted by molar-refractivity contribution is 8.01. The van der Waals surface area contributed by atoms with E-state index in [9.17, 15) is 9.90 Å². The summed E-state index contributed by atoms with van der Waals surface area (Å²) in [5.74, 6) is -0.604. The molecular weight excluding hydrogens is 288 g/mol. The van der Waals surface area contributed by atoms with Gasteiger partial charge in [0.25, 0.3) is 0 Å². The zero-order chi connectivity index (χ0) is 13.0. The van der Waals surface area contributed by atoms with Gasteiger partial charge in [0.1, 0.15) is 0 Å². The Morgan fingerprint density at radius 2 is 2.17 bits per heavy atom. The van der Waals surface area contributed by atoms with Crippen LogP contribution in [0, 0.1) is 3.95 Å². The second-order valence-electron chi connectivity index (χ2n) is 3.35. The third kappa shape index (κ3) is 3.41. The number of nitrogens with zero attached hydrogens (tertiary/aromatic N) is 2. The van der Waals surface area contributed by atoms with E-state index in [1.54, 1.807) is 4.68 Å². The van der Waals surface area contributed by atoms with Gasteiger partial charge in [0.05, 0.1) is 5.69 Å². The third-order valence-corrected chi connectivity index (χ3v) is 4.43. The predicted octanol–water partition coefficient (Wildman–Crippen LogP) is 1.90. The summed E-state index contributed by atoms with van der Waals surface area (Å²) in [4.78, 5) is 10.3. The van der Waals surface area contributed by atoms with Crippen molar-refractivity contribution in [2.24, 2.45) is 0 Å². The molecule has 94 valence electrons. The largest absolute Gasteiger partial charge is 0.550 e. The quantitative estimate of drug-likeness (QED) is 0.623. The molecule has 18 heavy (non-hydrogen) atoms. The molecule has 0 aliphatic rings. The summed E-state index contributed by atoms with van der Waals surface area (Å²) in [6, 6.07) is 9.60. The minimum absolute atomic E-state index is 0.0162. The average molecular weight is 297 g/mol. The summed E-state index contributed by atoms with van der Waals surface area (Å²) in [7, 11) is 0. The van der Waals surface area contributed by atoms with E-state index < -0.39 is 5.97 Å². The van der Waals surface area contributed by atoms with Crippen LogP contribution in [0.5, 0.6) is 0 Å². The number of rotatable bonds is 5. The number of carbonyl (C=O) groups excluding carboxylic acids is 1. The van der Waals surface area contributed by atoms with Crippen LogP contribution in [0.15, 0.2) is 34.7 Å². The molecule has 0 fully saturated rings. The molecule has 0 amide bonds. The van der Waals surface area contributed by atoms with Gasteiger partial charge in [-0.1, -0.05) is 41.3 Å². The first-order valence-corrected chi connectivity index (χ1v) is 7.36. The lowest BCUT2D eigenvalue weighted by Crippen LogP contribution is -2.22. The Morgan fingerprint density at radius 3 is 2.83 bits per heavy atom. The van der Waals surface area contributed by atoms with E-state index in [1.165, 1.54) is 23.1 Å². The van der Waals surface area contributed by atoms with E-state index in [0.717, 1.165) is 10.0 Å². The normalized spacial score (nSPS) is 10.4. The Labute approximate surface area is 117 Å². The maximum Gasteiger partial charge on any atom is 0.184 e. The van der Waals surface area contributed by atoms with E-state index in [4.69, 9.17) is 12.2 Å². The molecule has 0 aliphatic heterocycles. The first kappa shape index (κ1) is 13.3. The summed E-state index contributed by atoms with van der Waals surface area (Å²) in [5.41, 5.74) is 0.908. The van der Waals surface area contributed by atoms with Gasteiger partial charge in [0.2, 0.25) is 0 Å². The summed E-state index contributed by atoms with van der Waals surface area (Å²) in [6.07, 6.45) is 0.0162. The zero-order valence-electron chi connectivity index (χ0n) is 9.24. The van der Waals surface area contributed by atoms with Crippen LogP contribution in [0.2, 0.25) is 0 Å². The van der Waals surface area contributed by atoms with Crippen molar-refractivity contribution in [3.05, 3.63) is 34.3 Å². The number of benzene rings is 1. The Balaban J connectivity index is 2.13. The fraction of sp³-hybridized carbons (Fsp3) is 0.182. The molecule has 1 heterocycles. The lowest BCUT2D eigenvalue weighted by atomic mass is 10.3. The minimum atomic E-state index is -1.05. The van der Waals surface area contributed by atoms with E-state index in [0.29, 0.717) is 9.71 Å². The molecule has 1 aromatic carbocycles. The van der Waals surface area contributed by atoms with Crippen molar-refractivity contribution in [2.75, 3.05) is 5.75 Å². The fourth-order valence-corrected chi connectivity index (χ4v) is 3.62. The van der Waals surface area contributed by atoms with Crippen LogP contribution in [0.25, 0.3) is 5.69 Å². The zero-order valence-corrected chi connectivity index (χ0v) is 11.7. The van der Waals surface area contributed by atoms with Crippen molar-refractivity contribution in [1.29, 1.82) is 0 Å². The summed E-state index contributed by atoms with van der Waals surface area (Å²) in [5, 5.41) is 14.7. The molecule has 0 saturated heterocycles. The van der Waals surface area contributed by atoms with Gasteiger partial charge in [-0.25, -0.2) is 4.68 Å². The number of aliphatic carboxylic acids is 1. The first-order chi connectivity index (χ1) is 8.66. The number of hydrogen-bond donors (Lipinski definition) is 0.